The molecule has 1 atom stereocenters. The topological polar surface area (TPSA) is 66.8 Å². The molecule has 146 valence electrons. The van der Waals surface area contributed by atoms with E-state index in [0.717, 1.165) is 35.3 Å². The van der Waals surface area contributed by atoms with Crippen LogP contribution in [-0.4, -0.2) is 29.9 Å². The van der Waals surface area contributed by atoms with E-state index in [1.54, 1.807) is 7.11 Å². The van der Waals surface area contributed by atoms with Crippen LogP contribution in [-0.2, 0) is 15.6 Å². The summed E-state index contributed by atoms with van der Waals surface area (Å²) in [5.41, 5.74) is 2.79. The van der Waals surface area contributed by atoms with E-state index in [1.165, 1.54) is 19.3 Å². The van der Waals surface area contributed by atoms with Crippen LogP contribution >= 0.6 is 0 Å². The highest BCUT2D eigenvalue weighted by Gasteiger charge is 2.36. The van der Waals surface area contributed by atoms with E-state index in [9.17, 15) is 15.0 Å². The molecule has 1 aliphatic carbocycles. The molecular weight excluding hydrogens is 328 g/mol. The average Bonchev–Trinajstić information content (AvgIpc) is 2.58. The van der Waals surface area contributed by atoms with Crippen molar-refractivity contribution in [3.8, 4) is 5.75 Å². The van der Waals surface area contributed by atoms with Gasteiger partial charge in [0, 0.05) is 17.7 Å². The van der Waals surface area contributed by atoms with E-state index in [4.69, 9.17) is 4.74 Å². The van der Waals surface area contributed by atoms with E-state index in [-0.39, 0.29) is 23.9 Å². The van der Waals surface area contributed by atoms with Crippen molar-refractivity contribution >= 4 is 5.97 Å². The number of hydrogen-bond donors (Lipinski definition) is 2. The fourth-order valence-corrected chi connectivity index (χ4v) is 4.24. The summed E-state index contributed by atoms with van der Waals surface area (Å²) in [4.78, 5) is 11.8. The summed E-state index contributed by atoms with van der Waals surface area (Å²) in [6.45, 7) is 8.53. The molecule has 0 saturated heterocycles. The van der Waals surface area contributed by atoms with Gasteiger partial charge in [-0.1, -0.05) is 59.1 Å². The van der Waals surface area contributed by atoms with Crippen LogP contribution in [0.4, 0.5) is 0 Å². The summed E-state index contributed by atoms with van der Waals surface area (Å²) in [6.07, 6.45) is 6.04. The number of benzene rings is 1. The molecule has 0 amide bonds. The van der Waals surface area contributed by atoms with Gasteiger partial charge < -0.3 is 14.9 Å². The van der Waals surface area contributed by atoms with Crippen molar-refractivity contribution in [1.82, 2.24) is 0 Å². The molecule has 1 aromatic rings. The van der Waals surface area contributed by atoms with Crippen LogP contribution in [0.25, 0.3) is 0 Å². The van der Waals surface area contributed by atoms with Gasteiger partial charge in [-0.3, -0.25) is 4.79 Å². The normalized spacial score (nSPS) is 18.4. The van der Waals surface area contributed by atoms with Crippen molar-refractivity contribution in [2.45, 2.75) is 83.0 Å². The largest absolute Gasteiger partial charge is 0.496 e. The number of carbonyl (C=O) groups is 1. The summed E-state index contributed by atoms with van der Waals surface area (Å²) < 4.78 is 5.88. The molecule has 0 aromatic heterocycles. The van der Waals surface area contributed by atoms with Gasteiger partial charge >= 0.3 is 5.97 Å². The van der Waals surface area contributed by atoms with Gasteiger partial charge in [0.15, 0.2) is 0 Å². The molecular formula is C22H34O4. The van der Waals surface area contributed by atoms with Crippen molar-refractivity contribution in [3.05, 3.63) is 28.8 Å². The lowest BCUT2D eigenvalue weighted by atomic mass is 9.68. The smallest absolute Gasteiger partial charge is 0.311 e. The Kier molecular flexibility index (Phi) is 6.38. The number of aliphatic hydroxyl groups excluding tert-OH is 1. The molecule has 4 nitrogen and oxygen atoms in total. The van der Waals surface area contributed by atoms with Gasteiger partial charge in [0.05, 0.1) is 13.0 Å². The summed E-state index contributed by atoms with van der Waals surface area (Å²) in [7, 11) is 1.71. The zero-order valence-electron chi connectivity index (χ0n) is 16.9. The Hall–Kier alpha value is -1.55. The Morgan fingerprint density at radius 2 is 1.85 bits per heavy atom. The van der Waals surface area contributed by atoms with Gasteiger partial charge in [-0.25, -0.2) is 0 Å². The molecule has 1 fully saturated rings. The molecule has 0 bridgehead atoms. The molecule has 0 spiro atoms. The number of aliphatic carboxylic acids is 1. The second-order valence-corrected chi connectivity index (χ2v) is 8.92. The molecule has 1 unspecified atom stereocenters. The fraction of sp³-hybridized carbons (Fsp3) is 0.682. The maximum atomic E-state index is 11.8. The van der Waals surface area contributed by atoms with Crippen LogP contribution in [0.15, 0.2) is 12.1 Å². The monoisotopic (exact) mass is 362 g/mol. The highest BCUT2D eigenvalue weighted by molar-refractivity contribution is 5.76. The number of carboxylic acid groups (broad SMARTS) is 1. The second-order valence-electron chi connectivity index (χ2n) is 8.92. The van der Waals surface area contributed by atoms with Gasteiger partial charge in [0.2, 0.25) is 0 Å². The van der Waals surface area contributed by atoms with Crippen LogP contribution in [0.1, 0.15) is 88.8 Å². The third kappa shape index (κ3) is 4.22. The Labute approximate surface area is 157 Å². The number of hydrogen-bond acceptors (Lipinski definition) is 3. The zero-order valence-corrected chi connectivity index (χ0v) is 16.9. The highest BCUT2D eigenvalue weighted by Crippen LogP contribution is 2.47. The first-order valence-corrected chi connectivity index (χ1v) is 9.70. The lowest BCUT2D eigenvalue weighted by molar-refractivity contribution is -0.139. The summed E-state index contributed by atoms with van der Waals surface area (Å²) >= 11 is 0. The minimum absolute atomic E-state index is 0.00186. The summed E-state index contributed by atoms with van der Waals surface area (Å²) in [5, 5.41) is 19.1. The minimum atomic E-state index is -0.885. The first-order chi connectivity index (χ1) is 12.1. The van der Waals surface area contributed by atoms with Gasteiger partial charge in [0.1, 0.15) is 5.75 Å². The average molecular weight is 363 g/mol. The maximum Gasteiger partial charge on any atom is 0.311 e. The van der Waals surface area contributed by atoms with Crippen LogP contribution < -0.4 is 4.74 Å². The first kappa shape index (κ1) is 20.8. The molecule has 1 aromatic carbocycles. The van der Waals surface area contributed by atoms with E-state index in [0.29, 0.717) is 0 Å². The van der Waals surface area contributed by atoms with Crippen molar-refractivity contribution in [1.29, 1.82) is 0 Å². The minimum Gasteiger partial charge on any atom is -0.496 e. The number of rotatable bonds is 6. The lowest BCUT2D eigenvalue weighted by Crippen LogP contribution is -2.28. The third-order valence-electron chi connectivity index (χ3n) is 5.85. The van der Waals surface area contributed by atoms with E-state index in [1.807, 2.05) is 12.1 Å². The summed E-state index contributed by atoms with van der Waals surface area (Å²) in [6, 6.07) is 4.01. The van der Waals surface area contributed by atoms with Gasteiger partial charge in [0.25, 0.3) is 0 Å². The van der Waals surface area contributed by atoms with E-state index in [2.05, 4.69) is 27.7 Å². The van der Waals surface area contributed by atoms with Gasteiger partial charge in [-0.15, -0.1) is 0 Å². The second kappa shape index (κ2) is 7.99. The fourth-order valence-electron chi connectivity index (χ4n) is 4.24. The molecule has 1 saturated carbocycles. The number of ether oxygens (including phenoxy) is 1. The Bertz CT molecular complexity index is 636. The van der Waals surface area contributed by atoms with E-state index < -0.39 is 11.9 Å². The SMILES string of the molecule is COc1c(C(C)(C)C)cc(C(CCO)C(=O)O)cc1C1(C)CCCCC1. The highest BCUT2D eigenvalue weighted by atomic mass is 16.5. The molecule has 26 heavy (non-hydrogen) atoms. The van der Waals surface area contributed by atoms with Crippen molar-refractivity contribution in [3.63, 3.8) is 0 Å². The maximum absolute atomic E-state index is 11.8. The molecule has 1 aliphatic rings. The lowest BCUT2D eigenvalue weighted by Gasteiger charge is -2.37. The molecule has 4 heteroatoms. The van der Waals surface area contributed by atoms with Crippen LogP contribution in [0.3, 0.4) is 0 Å². The molecule has 2 N–H and O–H groups in total. The quantitative estimate of drug-likeness (QED) is 0.765. The Balaban J connectivity index is 2.71. The number of aliphatic hydroxyl groups is 1. The molecule has 0 aliphatic heterocycles. The standard InChI is InChI=1S/C22H34O4/c1-21(2,3)17-13-15(16(9-12-23)20(24)25)14-18(19(17)26-5)22(4)10-7-6-8-11-22/h13-14,16,23H,6-12H2,1-5H3,(H,24,25). The Morgan fingerprint density at radius 3 is 2.31 bits per heavy atom. The van der Waals surface area contributed by atoms with Crippen molar-refractivity contribution < 1.29 is 19.7 Å². The third-order valence-corrected chi connectivity index (χ3v) is 5.85. The number of methoxy groups -OCH3 is 1. The van der Waals surface area contributed by atoms with Crippen molar-refractivity contribution in [2.24, 2.45) is 0 Å². The van der Waals surface area contributed by atoms with Gasteiger partial charge in [-0.05, 0) is 35.7 Å². The zero-order chi connectivity index (χ0) is 19.5. The molecule has 0 heterocycles. The number of carboxylic acids is 1. The van der Waals surface area contributed by atoms with Crippen LogP contribution in [0, 0.1) is 0 Å². The predicted octanol–water partition coefficient (Wildman–Crippen LogP) is 4.77. The van der Waals surface area contributed by atoms with E-state index >= 15 is 0 Å². The first-order valence-electron chi connectivity index (χ1n) is 9.70. The Morgan fingerprint density at radius 1 is 1.23 bits per heavy atom. The predicted molar refractivity (Wildman–Crippen MR) is 104 cm³/mol. The van der Waals surface area contributed by atoms with Crippen LogP contribution in [0.5, 0.6) is 5.75 Å². The molecule has 0 radical (unpaired) electrons. The van der Waals surface area contributed by atoms with Crippen molar-refractivity contribution in [2.75, 3.05) is 13.7 Å². The van der Waals surface area contributed by atoms with Gasteiger partial charge in [-0.2, -0.15) is 0 Å². The summed E-state index contributed by atoms with van der Waals surface area (Å²) in [5.74, 6) is -0.680. The molecule has 2 rings (SSSR count). The van der Waals surface area contributed by atoms with Crippen LogP contribution in [0.2, 0.25) is 0 Å².